The molecule has 0 fully saturated rings. The van der Waals surface area contributed by atoms with Crippen LogP contribution in [0.2, 0.25) is 0 Å². The molecule has 0 heterocycles. The summed E-state index contributed by atoms with van der Waals surface area (Å²) in [5.41, 5.74) is 3.09. The van der Waals surface area contributed by atoms with Gasteiger partial charge in [0, 0.05) is 11.5 Å². The van der Waals surface area contributed by atoms with Gasteiger partial charge in [0.25, 0.3) is 0 Å². The summed E-state index contributed by atoms with van der Waals surface area (Å²) in [6.07, 6.45) is 4.87. The molecule has 1 unspecified atom stereocenters. The molecule has 0 bridgehead atoms. The average molecular weight is 234 g/mol. The summed E-state index contributed by atoms with van der Waals surface area (Å²) in [7, 11) is 0. The van der Waals surface area contributed by atoms with E-state index in [0.29, 0.717) is 0 Å². The second-order valence-electron chi connectivity index (χ2n) is 4.61. The van der Waals surface area contributed by atoms with Crippen molar-refractivity contribution in [3.63, 3.8) is 0 Å². The van der Waals surface area contributed by atoms with Gasteiger partial charge in [-0.2, -0.15) is 0 Å². The smallest absolute Gasteiger partial charge is 0.170 e. The quantitative estimate of drug-likeness (QED) is 0.773. The molecule has 88 valence electrons. The van der Waals surface area contributed by atoms with Gasteiger partial charge in [-0.25, -0.2) is 0 Å². The number of carbonyl (C=O) groups is 1. The Bertz CT molecular complexity index is 596. The third kappa shape index (κ3) is 2.00. The minimum absolute atomic E-state index is 0.0256. The van der Waals surface area contributed by atoms with Gasteiger partial charge in [0.05, 0.1) is 0 Å². The highest BCUT2D eigenvalue weighted by molar-refractivity contribution is 6.04. The van der Waals surface area contributed by atoms with Crippen LogP contribution in [0.1, 0.15) is 21.5 Å². The van der Waals surface area contributed by atoms with E-state index in [4.69, 9.17) is 0 Å². The lowest BCUT2D eigenvalue weighted by Gasteiger charge is -2.18. The fourth-order valence-corrected chi connectivity index (χ4v) is 2.40. The molecule has 3 rings (SSSR count). The predicted octanol–water partition coefficient (Wildman–Crippen LogP) is 3.76. The predicted molar refractivity (Wildman–Crippen MR) is 73.4 cm³/mol. The maximum absolute atomic E-state index is 12.4. The summed E-state index contributed by atoms with van der Waals surface area (Å²) in [5.74, 6) is 0.208. The molecule has 18 heavy (non-hydrogen) atoms. The van der Waals surface area contributed by atoms with Crippen molar-refractivity contribution in [1.82, 2.24) is 0 Å². The standard InChI is InChI=1S/C17H14O/c18-17-15(12-13-6-2-1-3-7-13)11-10-14-8-4-5-9-16(14)17/h1-11,15H,12H2. The van der Waals surface area contributed by atoms with Crippen molar-refractivity contribution in [1.29, 1.82) is 0 Å². The molecule has 0 amide bonds. The first-order valence-electron chi connectivity index (χ1n) is 6.20. The number of Topliss-reactive ketones (excluding diaryl/α,β-unsaturated/α-hetero) is 1. The maximum Gasteiger partial charge on any atom is 0.170 e. The Hall–Kier alpha value is -2.15. The molecule has 2 aromatic carbocycles. The summed E-state index contributed by atoms with van der Waals surface area (Å²) < 4.78 is 0. The van der Waals surface area contributed by atoms with Crippen LogP contribution in [0.3, 0.4) is 0 Å². The van der Waals surface area contributed by atoms with E-state index in [1.807, 2.05) is 48.5 Å². The van der Waals surface area contributed by atoms with Crippen molar-refractivity contribution >= 4 is 11.9 Å². The first-order valence-corrected chi connectivity index (χ1v) is 6.20. The van der Waals surface area contributed by atoms with E-state index in [2.05, 4.69) is 18.2 Å². The minimum atomic E-state index is -0.0256. The summed E-state index contributed by atoms with van der Waals surface area (Å²) in [5, 5.41) is 0. The highest BCUT2D eigenvalue weighted by Crippen LogP contribution is 2.25. The van der Waals surface area contributed by atoms with Gasteiger partial charge in [0.1, 0.15) is 0 Å². The van der Waals surface area contributed by atoms with Gasteiger partial charge >= 0.3 is 0 Å². The van der Waals surface area contributed by atoms with Gasteiger partial charge in [-0.05, 0) is 17.5 Å². The third-order valence-electron chi connectivity index (χ3n) is 3.37. The van der Waals surface area contributed by atoms with Gasteiger partial charge in [-0.3, -0.25) is 4.79 Å². The molecule has 1 heteroatoms. The highest BCUT2D eigenvalue weighted by atomic mass is 16.1. The summed E-state index contributed by atoms with van der Waals surface area (Å²) >= 11 is 0. The van der Waals surface area contributed by atoms with Crippen molar-refractivity contribution in [2.24, 2.45) is 5.92 Å². The summed E-state index contributed by atoms with van der Waals surface area (Å²) in [6.45, 7) is 0. The molecule has 0 radical (unpaired) electrons. The Morgan fingerprint density at radius 1 is 0.889 bits per heavy atom. The second kappa shape index (κ2) is 4.61. The molecule has 0 N–H and O–H groups in total. The molecule has 1 atom stereocenters. The number of allylic oxidation sites excluding steroid dienone is 1. The second-order valence-corrected chi connectivity index (χ2v) is 4.61. The number of hydrogen-bond acceptors (Lipinski definition) is 1. The maximum atomic E-state index is 12.4. The number of rotatable bonds is 2. The average Bonchev–Trinajstić information content (AvgIpc) is 2.43. The van der Waals surface area contributed by atoms with Crippen LogP contribution in [0.5, 0.6) is 0 Å². The van der Waals surface area contributed by atoms with E-state index in [-0.39, 0.29) is 11.7 Å². The molecule has 0 saturated heterocycles. The number of carbonyl (C=O) groups excluding carboxylic acids is 1. The molecule has 1 aliphatic rings. The van der Waals surface area contributed by atoms with E-state index < -0.39 is 0 Å². The number of benzene rings is 2. The van der Waals surface area contributed by atoms with Crippen LogP contribution in [-0.2, 0) is 6.42 Å². The Morgan fingerprint density at radius 3 is 2.44 bits per heavy atom. The van der Waals surface area contributed by atoms with Gasteiger partial charge in [0.15, 0.2) is 5.78 Å². The van der Waals surface area contributed by atoms with E-state index in [1.165, 1.54) is 5.56 Å². The van der Waals surface area contributed by atoms with Crippen LogP contribution in [0.4, 0.5) is 0 Å². The molecule has 0 aliphatic heterocycles. The zero-order valence-electron chi connectivity index (χ0n) is 10.0. The van der Waals surface area contributed by atoms with Gasteiger partial charge < -0.3 is 0 Å². The lowest BCUT2D eigenvalue weighted by Crippen LogP contribution is -2.19. The van der Waals surface area contributed by atoms with Crippen LogP contribution >= 0.6 is 0 Å². The van der Waals surface area contributed by atoms with Gasteiger partial charge in [0.2, 0.25) is 0 Å². The largest absolute Gasteiger partial charge is 0.293 e. The molecule has 0 aromatic heterocycles. The number of hydrogen-bond donors (Lipinski definition) is 0. The Balaban J connectivity index is 1.87. The van der Waals surface area contributed by atoms with Crippen LogP contribution < -0.4 is 0 Å². The van der Waals surface area contributed by atoms with Crippen molar-refractivity contribution in [3.8, 4) is 0 Å². The Morgan fingerprint density at radius 2 is 1.61 bits per heavy atom. The van der Waals surface area contributed by atoms with E-state index in [1.54, 1.807) is 0 Å². The number of fused-ring (bicyclic) bond motifs is 1. The lowest BCUT2D eigenvalue weighted by atomic mass is 9.85. The Kier molecular flexibility index (Phi) is 2.81. The topological polar surface area (TPSA) is 17.1 Å². The fraction of sp³-hybridized carbons (Fsp3) is 0.118. The SMILES string of the molecule is O=C1c2ccccc2C=CC1Cc1ccccc1. The summed E-state index contributed by atoms with van der Waals surface area (Å²) in [6, 6.07) is 18.0. The van der Waals surface area contributed by atoms with Gasteiger partial charge in [-0.1, -0.05) is 66.7 Å². The molecule has 1 aliphatic carbocycles. The first kappa shape index (κ1) is 11.0. The lowest BCUT2D eigenvalue weighted by molar-refractivity contribution is 0.0943. The van der Waals surface area contributed by atoms with Crippen LogP contribution in [0.15, 0.2) is 60.7 Å². The molecule has 1 nitrogen and oxygen atoms in total. The van der Waals surface area contributed by atoms with Crippen molar-refractivity contribution < 1.29 is 4.79 Å². The summed E-state index contributed by atoms with van der Waals surface area (Å²) in [4.78, 5) is 12.4. The highest BCUT2D eigenvalue weighted by Gasteiger charge is 2.22. The van der Waals surface area contributed by atoms with Crippen molar-refractivity contribution in [3.05, 3.63) is 77.4 Å². The van der Waals surface area contributed by atoms with Crippen molar-refractivity contribution in [2.75, 3.05) is 0 Å². The Labute approximate surface area is 107 Å². The minimum Gasteiger partial charge on any atom is -0.293 e. The van der Waals surface area contributed by atoms with Crippen LogP contribution in [-0.4, -0.2) is 5.78 Å². The molecule has 0 saturated carbocycles. The van der Waals surface area contributed by atoms with E-state index >= 15 is 0 Å². The zero-order chi connectivity index (χ0) is 12.4. The van der Waals surface area contributed by atoms with Crippen LogP contribution in [0, 0.1) is 5.92 Å². The van der Waals surface area contributed by atoms with E-state index in [9.17, 15) is 4.79 Å². The van der Waals surface area contributed by atoms with Crippen LogP contribution in [0.25, 0.3) is 6.08 Å². The normalized spacial score (nSPS) is 17.6. The molecular formula is C17H14O. The third-order valence-corrected chi connectivity index (χ3v) is 3.37. The molecule has 2 aromatic rings. The monoisotopic (exact) mass is 234 g/mol. The van der Waals surface area contributed by atoms with Gasteiger partial charge in [-0.15, -0.1) is 0 Å². The fourth-order valence-electron chi connectivity index (χ4n) is 2.40. The van der Waals surface area contributed by atoms with Crippen molar-refractivity contribution in [2.45, 2.75) is 6.42 Å². The molecule has 0 spiro atoms. The first-order chi connectivity index (χ1) is 8.84. The van der Waals surface area contributed by atoms with E-state index in [0.717, 1.165) is 17.5 Å². The number of ketones is 1. The zero-order valence-corrected chi connectivity index (χ0v) is 10.0. The molecular weight excluding hydrogens is 220 g/mol.